The minimum Gasteiger partial charge on any atom is -0.456 e. The van der Waals surface area contributed by atoms with Crippen LogP contribution in [0.15, 0.2) is 130 Å². The Morgan fingerprint density at radius 3 is 1.55 bits per heavy atom. The summed E-state index contributed by atoms with van der Waals surface area (Å²) >= 11 is 0. The van der Waals surface area contributed by atoms with Gasteiger partial charge in [0.25, 0.3) is 0 Å². The molecule has 0 unspecified atom stereocenters. The normalized spacial score (nSPS) is 12.3. The zero-order valence-corrected chi connectivity index (χ0v) is 29.5. The van der Waals surface area contributed by atoms with E-state index in [0.29, 0.717) is 0 Å². The molecule has 0 N–H and O–H groups in total. The molecule has 2 aromatic heterocycles. The second kappa shape index (κ2) is 13.4. The van der Waals surface area contributed by atoms with E-state index < -0.39 is 5.41 Å². The zero-order valence-electron chi connectivity index (χ0n) is 29.5. The maximum atomic E-state index is 6.16. The lowest BCUT2D eigenvalue weighted by Gasteiger charge is -2.27. The molecule has 250 valence electrons. The maximum Gasteiger partial charge on any atom is 0.135 e. The Bertz CT molecular complexity index is 2810. The van der Waals surface area contributed by atoms with E-state index in [1.54, 1.807) is 0 Å². The summed E-state index contributed by atoms with van der Waals surface area (Å²) < 4.78 is 12.3. The van der Waals surface area contributed by atoms with Crippen molar-refractivity contribution < 1.29 is 8.83 Å². The molecule has 2 heterocycles. The summed E-state index contributed by atoms with van der Waals surface area (Å²) in [5.74, 6) is 20.3. The summed E-state index contributed by atoms with van der Waals surface area (Å²) in [7, 11) is 0. The fourth-order valence-electron chi connectivity index (χ4n) is 8.15. The minimum atomic E-state index is -0.515. The molecule has 6 aromatic carbocycles. The number of hydrogen-bond acceptors (Lipinski definition) is 2. The molecule has 0 fully saturated rings. The van der Waals surface area contributed by atoms with Crippen LogP contribution in [0, 0.1) is 47.9 Å². The Hall–Kier alpha value is -6.84. The third-order valence-corrected chi connectivity index (χ3v) is 10.7. The third kappa shape index (κ3) is 5.55. The van der Waals surface area contributed by atoms with Gasteiger partial charge in [0.2, 0.25) is 0 Å². The lowest BCUT2D eigenvalue weighted by Crippen LogP contribution is -2.23. The number of furan rings is 2. The van der Waals surface area contributed by atoms with Crippen molar-refractivity contribution in [1.29, 1.82) is 0 Å². The molecule has 1 aliphatic carbocycles. The van der Waals surface area contributed by atoms with Crippen LogP contribution < -0.4 is 0 Å². The lowest BCUT2D eigenvalue weighted by atomic mass is 9.74. The van der Waals surface area contributed by atoms with Crippen molar-refractivity contribution >= 4 is 43.9 Å². The largest absolute Gasteiger partial charge is 0.456 e. The third-order valence-electron chi connectivity index (χ3n) is 10.7. The van der Waals surface area contributed by atoms with Gasteiger partial charge in [-0.05, 0) is 135 Å². The summed E-state index contributed by atoms with van der Waals surface area (Å²) in [6, 6.07) is 43.3. The Balaban J connectivity index is 1.23. The molecule has 53 heavy (non-hydrogen) atoms. The van der Waals surface area contributed by atoms with Crippen molar-refractivity contribution in [2.24, 2.45) is 0 Å². The Morgan fingerprint density at radius 1 is 0.491 bits per heavy atom. The number of rotatable bonds is 7. The van der Waals surface area contributed by atoms with Gasteiger partial charge in [0.15, 0.2) is 0 Å². The number of fused-ring (bicyclic) bond motifs is 9. The van der Waals surface area contributed by atoms with E-state index in [9.17, 15) is 0 Å². The van der Waals surface area contributed by atoms with Crippen LogP contribution in [0.1, 0.15) is 50.2 Å². The van der Waals surface area contributed by atoms with Gasteiger partial charge in [0, 0.05) is 21.5 Å². The predicted octanol–water partition coefficient (Wildman–Crippen LogP) is 12.7. The Morgan fingerprint density at radius 2 is 0.981 bits per heavy atom. The van der Waals surface area contributed by atoms with Crippen molar-refractivity contribution in [2.45, 2.75) is 44.4 Å². The standard InChI is InChI=1S/C51H34O2/c1-3-5-7-9-10-16-30-51(29-15-8-6-4-2)45-25-21-35(37-23-27-49-43(33-37)39-17-11-13-19-47(39)52-49)31-41(45)42-32-36(22-26-46(42)51)38-24-28-50-44(34-38)40-18-12-14-20-48(40)53-50/h1,11-14,17-28,31-34H,4,6,8,15,29H2,2H3. The number of benzene rings is 6. The average Bonchev–Trinajstić information content (AvgIpc) is 3.85. The maximum absolute atomic E-state index is 6.16. The molecular formula is C51H34O2. The summed E-state index contributed by atoms with van der Waals surface area (Å²) in [6.07, 6.45) is 10.8. The molecule has 0 spiro atoms. The van der Waals surface area contributed by atoms with Gasteiger partial charge in [-0.2, -0.15) is 0 Å². The SMILES string of the molecule is C#CC#CC#CC#CC1(CCCCCC)c2ccc(-c3ccc4oc5ccccc5c4c3)cc2-c2cc(-c3ccc4oc5ccccc5c4c3)ccc21. The fourth-order valence-corrected chi connectivity index (χ4v) is 8.15. The van der Waals surface area contributed by atoms with E-state index in [1.807, 2.05) is 24.3 Å². The van der Waals surface area contributed by atoms with Crippen molar-refractivity contribution in [1.82, 2.24) is 0 Å². The molecule has 2 nitrogen and oxygen atoms in total. The number of hydrogen-bond donors (Lipinski definition) is 0. The smallest absolute Gasteiger partial charge is 0.135 e. The van der Waals surface area contributed by atoms with Gasteiger partial charge in [-0.3, -0.25) is 0 Å². The Kier molecular flexibility index (Phi) is 8.10. The molecule has 8 aromatic rings. The van der Waals surface area contributed by atoms with E-state index >= 15 is 0 Å². The van der Waals surface area contributed by atoms with Gasteiger partial charge >= 0.3 is 0 Å². The summed E-state index contributed by atoms with van der Waals surface area (Å²) in [6.45, 7) is 2.25. The number of unbranched alkanes of at least 4 members (excludes halogenated alkanes) is 3. The van der Waals surface area contributed by atoms with Crippen molar-refractivity contribution in [2.75, 3.05) is 0 Å². The molecule has 2 heteroatoms. The fraction of sp³-hybridized carbons (Fsp3) is 0.137. The molecule has 0 aliphatic heterocycles. The van der Waals surface area contributed by atoms with E-state index in [-0.39, 0.29) is 0 Å². The topological polar surface area (TPSA) is 26.3 Å². The number of terminal acetylenes is 1. The molecule has 0 saturated heterocycles. The van der Waals surface area contributed by atoms with E-state index in [0.717, 1.165) is 85.4 Å². The molecule has 0 atom stereocenters. The van der Waals surface area contributed by atoms with Gasteiger partial charge in [-0.25, -0.2) is 0 Å². The first-order chi connectivity index (χ1) is 26.2. The molecule has 0 amide bonds. The number of para-hydroxylation sites is 2. The van der Waals surface area contributed by atoms with Crippen molar-refractivity contribution in [3.05, 3.63) is 132 Å². The summed E-state index contributed by atoms with van der Waals surface area (Å²) in [5.41, 5.74) is 12.5. The van der Waals surface area contributed by atoms with Gasteiger partial charge in [0.1, 0.15) is 22.3 Å². The van der Waals surface area contributed by atoms with Gasteiger partial charge < -0.3 is 8.83 Å². The van der Waals surface area contributed by atoms with Crippen LogP contribution in [0.25, 0.3) is 77.3 Å². The quantitative estimate of drug-likeness (QED) is 0.124. The zero-order chi connectivity index (χ0) is 35.8. The molecule has 0 radical (unpaired) electrons. The predicted molar refractivity (Wildman–Crippen MR) is 219 cm³/mol. The monoisotopic (exact) mass is 678 g/mol. The van der Waals surface area contributed by atoms with Crippen LogP contribution in [-0.4, -0.2) is 0 Å². The van der Waals surface area contributed by atoms with Gasteiger partial charge in [0.05, 0.1) is 5.41 Å². The van der Waals surface area contributed by atoms with Gasteiger partial charge in [-0.1, -0.05) is 111 Å². The highest BCUT2D eigenvalue weighted by molar-refractivity contribution is 6.07. The van der Waals surface area contributed by atoms with E-state index in [2.05, 4.69) is 145 Å². The first-order valence-corrected chi connectivity index (χ1v) is 18.3. The lowest BCUT2D eigenvalue weighted by molar-refractivity contribution is 0.542. The molecule has 0 saturated carbocycles. The first-order valence-electron chi connectivity index (χ1n) is 18.3. The van der Waals surface area contributed by atoms with Crippen LogP contribution in [0.2, 0.25) is 0 Å². The van der Waals surface area contributed by atoms with E-state index in [4.69, 9.17) is 15.3 Å². The van der Waals surface area contributed by atoms with Crippen LogP contribution in [0.5, 0.6) is 0 Å². The van der Waals surface area contributed by atoms with E-state index in [1.165, 1.54) is 35.1 Å². The minimum absolute atomic E-state index is 0.515. The average molecular weight is 679 g/mol. The van der Waals surface area contributed by atoms with Crippen molar-refractivity contribution in [3.8, 4) is 81.2 Å². The van der Waals surface area contributed by atoms with Crippen LogP contribution >= 0.6 is 0 Å². The Labute approximate surface area is 309 Å². The summed E-state index contributed by atoms with van der Waals surface area (Å²) in [5, 5.41) is 4.48. The highest BCUT2D eigenvalue weighted by Crippen LogP contribution is 2.53. The summed E-state index contributed by atoms with van der Waals surface area (Å²) in [4.78, 5) is 0. The molecular weight excluding hydrogens is 645 g/mol. The van der Waals surface area contributed by atoms with Crippen LogP contribution in [0.3, 0.4) is 0 Å². The second-order valence-corrected chi connectivity index (χ2v) is 13.7. The second-order valence-electron chi connectivity index (χ2n) is 13.7. The molecule has 1 aliphatic rings. The van der Waals surface area contributed by atoms with Crippen molar-refractivity contribution in [3.63, 3.8) is 0 Å². The highest BCUT2D eigenvalue weighted by atomic mass is 16.3. The van der Waals surface area contributed by atoms with Crippen LogP contribution in [-0.2, 0) is 5.41 Å². The molecule has 9 rings (SSSR count). The first kappa shape index (κ1) is 32.1. The van der Waals surface area contributed by atoms with Gasteiger partial charge in [-0.15, -0.1) is 6.42 Å². The van der Waals surface area contributed by atoms with Crippen LogP contribution in [0.4, 0.5) is 0 Å². The highest BCUT2D eigenvalue weighted by Gasteiger charge is 2.42. The molecule has 0 bridgehead atoms.